The van der Waals surface area contributed by atoms with Crippen molar-refractivity contribution in [1.82, 2.24) is 14.5 Å². The monoisotopic (exact) mass is 637 g/mol. The normalized spacial score (nSPS) is 16.8. The number of rotatable bonds is 10. The van der Waals surface area contributed by atoms with Crippen molar-refractivity contribution < 1.29 is 22.8 Å². The Hall–Kier alpha value is -3.50. The molecule has 1 N–H and O–H groups in total. The molecule has 1 atom stereocenters. The van der Waals surface area contributed by atoms with Crippen LogP contribution >= 0.6 is 15.9 Å². The highest BCUT2D eigenvalue weighted by atomic mass is 79.9. The molecule has 1 saturated carbocycles. The number of benzene rings is 3. The van der Waals surface area contributed by atoms with E-state index in [2.05, 4.69) is 21.2 Å². The number of hydrogen-bond donors (Lipinski definition) is 1. The number of carbonyl (C=O) groups is 3. The first-order valence-electron chi connectivity index (χ1n) is 13.8. The van der Waals surface area contributed by atoms with Gasteiger partial charge in [-0.2, -0.15) is 0 Å². The molecule has 3 amide bonds. The van der Waals surface area contributed by atoms with E-state index >= 15 is 0 Å². The Morgan fingerprint density at radius 3 is 2.27 bits per heavy atom. The van der Waals surface area contributed by atoms with E-state index < -0.39 is 27.9 Å². The summed E-state index contributed by atoms with van der Waals surface area (Å²) < 4.78 is 27.8. The fourth-order valence-electron chi connectivity index (χ4n) is 5.50. The predicted octanol–water partition coefficient (Wildman–Crippen LogP) is 4.68. The number of amides is 3. The summed E-state index contributed by atoms with van der Waals surface area (Å²) in [5.41, 5.74) is 1.83. The van der Waals surface area contributed by atoms with Crippen LogP contribution < -0.4 is 5.32 Å². The molecule has 1 aliphatic heterocycles. The van der Waals surface area contributed by atoms with Crippen molar-refractivity contribution in [2.45, 2.75) is 62.0 Å². The summed E-state index contributed by atoms with van der Waals surface area (Å²) in [6.07, 6.45) is 3.96. The minimum Gasteiger partial charge on any atom is -0.352 e. The SMILES string of the molecule is O=C(NC1CCCC1)[C@@H](Cc1ccccc1)N(Cc1ccc(Br)cc1)C(=O)CCN1C(=O)c2ccccc2S1(=O)=O. The van der Waals surface area contributed by atoms with Crippen LogP contribution in [0.15, 0.2) is 88.2 Å². The molecule has 0 aromatic heterocycles. The minimum atomic E-state index is -4.05. The Morgan fingerprint density at radius 2 is 1.59 bits per heavy atom. The zero-order chi connectivity index (χ0) is 29.0. The second kappa shape index (κ2) is 12.6. The highest BCUT2D eigenvalue weighted by Crippen LogP contribution is 2.30. The van der Waals surface area contributed by atoms with E-state index in [0.717, 1.165) is 45.6 Å². The van der Waals surface area contributed by atoms with Crippen LogP contribution in [0.4, 0.5) is 0 Å². The maximum absolute atomic E-state index is 13.9. The lowest BCUT2D eigenvalue weighted by Gasteiger charge is -2.33. The van der Waals surface area contributed by atoms with Crippen molar-refractivity contribution in [2.75, 3.05) is 6.54 Å². The van der Waals surface area contributed by atoms with Crippen LogP contribution in [0.2, 0.25) is 0 Å². The molecule has 10 heteroatoms. The quantitative estimate of drug-likeness (QED) is 0.348. The molecule has 2 aliphatic rings. The molecule has 0 unspecified atom stereocenters. The Balaban J connectivity index is 1.42. The van der Waals surface area contributed by atoms with Gasteiger partial charge in [0.05, 0.1) is 5.56 Å². The molecular weight excluding hydrogens is 606 g/mol. The average Bonchev–Trinajstić information content (AvgIpc) is 3.55. The zero-order valence-corrected chi connectivity index (χ0v) is 24.9. The van der Waals surface area contributed by atoms with Gasteiger partial charge in [0, 0.05) is 36.4 Å². The molecule has 5 rings (SSSR count). The van der Waals surface area contributed by atoms with Gasteiger partial charge in [0.2, 0.25) is 11.8 Å². The first kappa shape index (κ1) is 29.0. The van der Waals surface area contributed by atoms with E-state index in [1.165, 1.54) is 17.0 Å². The average molecular weight is 639 g/mol. The molecule has 0 spiro atoms. The molecule has 1 aliphatic carbocycles. The van der Waals surface area contributed by atoms with E-state index in [9.17, 15) is 22.8 Å². The third kappa shape index (κ3) is 6.54. The van der Waals surface area contributed by atoms with Crippen LogP contribution in [0.1, 0.15) is 53.6 Å². The third-order valence-corrected chi connectivity index (χ3v) is 10.0. The molecule has 3 aromatic rings. The highest BCUT2D eigenvalue weighted by molar-refractivity contribution is 9.10. The van der Waals surface area contributed by atoms with Crippen molar-refractivity contribution in [3.05, 3.63) is 100 Å². The number of halogens is 1. The molecule has 8 nitrogen and oxygen atoms in total. The Kier molecular flexibility index (Phi) is 8.89. The van der Waals surface area contributed by atoms with Crippen LogP contribution in [0.5, 0.6) is 0 Å². The van der Waals surface area contributed by atoms with Crippen LogP contribution in [0, 0.1) is 0 Å². The lowest BCUT2D eigenvalue weighted by molar-refractivity contribution is -0.141. The second-order valence-electron chi connectivity index (χ2n) is 10.5. The first-order chi connectivity index (χ1) is 19.7. The van der Waals surface area contributed by atoms with Crippen molar-refractivity contribution in [3.63, 3.8) is 0 Å². The third-order valence-electron chi connectivity index (χ3n) is 7.68. The molecule has 1 fully saturated rings. The van der Waals surface area contributed by atoms with E-state index in [1.54, 1.807) is 12.1 Å². The van der Waals surface area contributed by atoms with Gasteiger partial charge in [0.25, 0.3) is 15.9 Å². The molecule has 0 bridgehead atoms. The smallest absolute Gasteiger partial charge is 0.269 e. The number of nitrogens with zero attached hydrogens (tertiary/aromatic N) is 2. The zero-order valence-electron chi connectivity index (χ0n) is 22.5. The Bertz CT molecular complexity index is 1520. The molecule has 0 radical (unpaired) electrons. The maximum Gasteiger partial charge on any atom is 0.269 e. The van der Waals surface area contributed by atoms with Crippen LogP contribution in [0.25, 0.3) is 0 Å². The summed E-state index contributed by atoms with van der Waals surface area (Å²) >= 11 is 3.44. The number of fused-ring (bicyclic) bond motifs is 1. The Labute approximate surface area is 248 Å². The van der Waals surface area contributed by atoms with Gasteiger partial charge in [-0.1, -0.05) is 83.4 Å². The van der Waals surface area contributed by atoms with Crippen LogP contribution in [0.3, 0.4) is 0 Å². The van der Waals surface area contributed by atoms with Crippen molar-refractivity contribution in [1.29, 1.82) is 0 Å². The summed E-state index contributed by atoms with van der Waals surface area (Å²) in [6.45, 7) is -0.156. The first-order valence-corrected chi connectivity index (χ1v) is 16.0. The van der Waals surface area contributed by atoms with Gasteiger partial charge in [-0.3, -0.25) is 14.4 Å². The molecule has 41 heavy (non-hydrogen) atoms. The van der Waals surface area contributed by atoms with E-state index in [1.807, 2.05) is 54.6 Å². The van der Waals surface area contributed by atoms with Crippen molar-refractivity contribution >= 4 is 43.7 Å². The molecule has 3 aromatic carbocycles. The van der Waals surface area contributed by atoms with Gasteiger partial charge in [0.1, 0.15) is 10.9 Å². The lowest BCUT2D eigenvalue weighted by atomic mass is 10.0. The van der Waals surface area contributed by atoms with Crippen LogP contribution in [-0.4, -0.2) is 54.0 Å². The second-order valence-corrected chi connectivity index (χ2v) is 13.2. The maximum atomic E-state index is 13.9. The van der Waals surface area contributed by atoms with Gasteiger partial charge >= 0.3 is 0 Å². The standard InChI is InChI=1S/C31H32BrN3O5S/c32-24-16-14-23(15-17-24)21-34(27(20-22-8-2-1-3-9-22)30(37)33-25-10-4-5-11-25)29(36)18-19-35-31(38)26-12-6-7-13-28(26)41(35,39)40/h1-3,6-9,12-17,25,27H,4-5,10-11,18-21H2,(H,33,37)/t27-/m1/s1. The predicted molar refractivity (Wildman–Crippen MR) is 158 cm³/mol. The number of sulfonamides is 1. The highest BCUT2D eigenvalue weighted by Gasteiger charge is 2.41. The van der Waals surface area contributed by atoms with Gasteiger partial charge in [0.15, 0.2) is 0 Å². The summed E-state index contributed by atoms with van der Waals surface area (Å²) in [5, 5.41) is 3.16. The number of hydrogen-bond acceptors (Lipinski definition) is 5. The molecule has 1 heterocycles. The van der Waals surface area contributed by atoms with Gasteiger partial charge < -0.3 is 10.2 Å². The van der Waals surface area contributed by atoms with Gasteiger partial charge in [-0.15, -0.1) is 0 Å². The van der Waals surface area contributed by atoms with Gasteiger partial charge in [-0.25, -0.2) is 12.7 Å². The van der Waals surface area contributed by atoms with E-state index in [-0.39, 0.29) is 41.9 Å². The summed E-state index contributed by atoms with van der Waals surface area (Å²) in [5.74, 6) is -1.29. The fraction of sp³-hybridized carbons (Fsp3) is 0.323. The topological polar surface area (TPSA) is 104 Å². The minimum absolute atomic E-state index is 0.0536. The largest absolute Gasteiger partial charge is 0.352 e. The molecular formula is C31H32BrN3O5S. The van der Waals surface area contributed by atoms with E-state index in [4.69, 9.17) is 0 Å². The summed E-state index contributed by atoms with van der Waals surface area (Å²) in [6, 6.07) is 22.3. The number of carbonyl (C=O) groups excluding carboxylic acids is 3. The Morgan fingerprint density at radius 1 is 0.927 bits per heavy atom. The van der Waals surface area contributed by atoms with E-state index in [0.29, 0.717) is 6.42 Å². The fourth-order valence-corrected chi connectivity index (χ4v) is 7.33. The summed E-state index contributed by atoms with van der Waals surface area (Å²) in [4.78, 5) is 42.1. The van der Waals surface area contributed by atoms with Crippen molar-refractivity contribution in [3.8, 4) is 0 Å². The lowest BCUT2D eigenvalue weighted by Crippen LogP contribution is -2.52. The molecule has 0 saturated heterocycles. The van der Waals surface area contributed by atoms with Crippen molar-refractivity contribution in [2.24, 2.45) is 0 Å². The van der Waals surface area contributed by atoms with Crippen LogP contribution in [-0.2, 0) is 32.6 Å². The molecule has 214 valence electrons. The number of nitrogens with one attached hydrogen (secondary N) is 1. The summed E-state index contributed by atoms with van der Waals surface area (Å²) in [7, 11) is -4.05. The van der Waals surface area contributed by atoms with Gasteiger partial charge in [-0.05, 0) is 48.2 Å².